The number of benzene rings is 1. The van der Waals surface area contributed by atoms with E-state index in [0.717, 1.165) is 11.4 Å². The molecule has 0 saturated heterocycles. The van der Waals surface area contributed by atoms with Crippen LogP contribution in [0.1, 0.15) is 30.3 Å². The molecule has 0 aliphatic heterocycles. The summed E-state index contributed by atoms with van der Waals surface area (Å²) in [5.41, 5.74) is 1.03. The van der Waals surface area contributed by atoms with E-state index in [1.165, 1.54) is 12.8 Å². The molecular formula is C17H20N2O4. The molecule has 0 unspecified atom stereocenters. The van der Waals surface area contributed by atoms with Crippen LogP contribution in [-0.4, -0.2) is 36.1 Å². The van der Waals surface area contributed by atoms with Crippen LogP contribution in [0.15, 0.2) is 30.5 Å². The van der Waals surface area contributed by atoms with Crippen LogP contribution in [0.2, 0.25) is 0 Å². The molecule has 0 spiro atoms. The molecule has 1 fully saturated rings. The zero-order valence-corrected chi connectivity index (χ0v) is 13.3. The van der Waals surface area contributed by atoms with Gasteiger partial charge in [0, 0.05) is 0 Å². The molecule has 3 rings (SSSR count). The Morgan fingerprint density at radius 3 is 2.65 bits per heavy atom. The second-order valence-corrected chi connectivity index (χ2v) is 5.46. The van der Waals surface area contributed by atoms with Gasteiger partial charge in [-0.1, -0.05) is 0 Å². The first-order chi connectivity index (χ1) is 11.2. The first kappa shape index (κ1) is 15.4. The van der Waals surface area contributed by atoms with E-state index in [-0.39, 0.29) is 5.69 Å². The van der Waals surface area contributed by atoms with Gasteiger partial charge in [-0.3, -0.25) is 0 Å². The van der Waals surface area contributed by atoms with Gasteiger partial charge < -0.3 is 14.2 Å². The van der Waals surface area contributed by atoms with Gasteiger partial charge in [0.15, 0.2) is 5.75 Å². The van der Waals surface area contributed by atoms with Crippen molar-refractivity contribution in [1.82, 2.24) is 9.78 Å². The lowest BCUT2D eigenvalue weighted by Gasteiger charge is -2.04. The van der Waals surface area contributed by atoms with Crippen molar-refractivity contribution >= 4 is 5.97 Å². The zero-order valence-electron chi connectivity index (χ0n) is 13.3. The van der Waals surface area contributed by atoms with E-state index in [0.29, 0.717) is 24.9 Å². The van der Waals surface area contributed by atoms with E-state index in [1.54, 1.807) is 24.9 Å². The van der Waals surface area contributed by atoms with Crippen LogP contribution in [0.3, 0.4) is 0 Å². The molecule has 1 heterocycles. The van der Waals surface area contributed by atoms with Crippen LogP contribution >= 0.6 is 0 Å². The fourth-order valence-corrected chi connectivity index (χ4v) is 2.16. The second-order valence-electron chi connectivity index (χ2n) is 5.46. The van der Waals surface area contributed by atoms with Gasteiger partial charge in [0.1, 0.15) is 5.75 Å². The lowest BCUT2D eigenvalue weighted by atomic mass is 10.3. The summed E-state index contributed by atoms with van der Waals surface area (Å²) in [6.45, 7) is 2.68. The van der Waals surface area contributed by atoms with Crippen molar-refractivity contribution in [3.63, 3.8) is 0 Å². The van der Waals surface area contributed by atoms with Crippen LogP contribution in [0.25, 0.3) is 5.69 Å². The summed E-state index contributed by atoms with van der Waals surface area (Å²) in [7, 11) is 1.62. The Morgan fingerprint density at radius 1 is 1.30 bits per heavy atom. The van der Waals surface area contributed by atoms with Gasteiger partial charge in [-0.25, -0.2) is 9.48 Å². The smallest absolute Gasteiger partial charge is 0.362 e. The van der Waals surface area contributed by atoms with Crippen molar-refractivity contribution < 1.29 is 19.0 Å². The molecule has 1 aromatic heterocycles. The first-order valence-corrected chi connectivity index (χ1v) is 7.75. The largest absolute Gasteiger partial charge is 0.497 e. The van der Waals surface area contributed by atoms with Crippen molar-refractivity contribution in [2.24, 2.45) is 5.92 Å². The van der Waals surface area contributed by atoms with E-state index >= 15 is 0 Å². The van der Waals surface area contributed by atoms with Crippen molar-refractivity contribution in [2.45, 2.75) is 19.8 Å². The first-order valence-electron chi connectivity index (χ1n) is 7.75. The lowest BCUT2D eigenvalue weighted by molar-refractivity contribution is 0.0514. The average Bonchev–Trinajstić information content (AvgIpc) is 3.31. The van der Waals surface area contributed by atoms with Gasteiger partial charge in [-0.15, -0.1) is 0 Å². The molecule has 6 heteroatoms. The van der Waals surface area contributed by atoms with Gasteiger partial charge in [0.05, 0.1) is 32.2 Å². The van der Waals surface area contributed by atoms with E-state index in [4.69, 9.17) is 14.2 Å². The number of methoxy groups -OCH3 is 1. The third-order valence-electron chi connectivity index (χ3n) is 3.66. The Morgan fingerprint density at radius 2 is 2.04 bits per heavy atom. The van der Waals surface area contributed by atoms with Gasteiger partial charge in [-0.2, -0.15) is 5.10 Å². The number of hydrogen-bond donors (Lipinski definition) is 0. The van der Waals surface area contributed by atoms with Crippen LogP contribution in [0.4, 0.5) is 0 Å². The second kappa shape index (κ2) is 6.73. The molecule has 0 N–H and O–H groups in total. The lowest BCUT2D eigenvalue weighted by Crippen LogP contribution is -2.09. The van der Waals surface area contributed by atoms with E-state index in [1.807, 2.05) is 24.3 Å². The minimum absolute atomic E-state index is 0.211. The number of aromatic nitrogens is 2. The van der Waals surface area contributed by atoms with Gasteiger partial charge in [-0.05, 0) is 49.9 Å². The highest BCUT2D eigenvalue weighted by Crippen LogP contribution is 2.30. The molecular weight excluding hydrogens is 296 g/mol. The quantitative estimate of drug-likeness (QED) is 0.735. The number of rotatable bonds is 7. The van der Waals surface area contributed by atoms with Gasteiger partial charge in [0.25, 0.3) is 0 Å². The Labute approximate surface area is 135 Å². The molecule has 0 atom stereocenters. The topological polar surface area (TPSA) is 62.6 Å². The third-order valence-corrected chi connectivity index (χ3v) is 3.66. The van der Waals surface area contributed by atoms with Crippen molar-refractivity contribution in [3.05, 3.63) is 36.2 Å². The molecule has 0 bridgehead atoms. The fourth-order valence-electron chi connectivity index (χ4n) is 2.16. The predicted molar refractivity (Wildman–Crippen MR) is 84.3 cm³/mol. The molecule has 1 aromatic carbocycles. The van der Waals surface area contributed by atoms with Crippen LogP contribution in [0.5, 0.6) is 11.5 Å². The van der Waals surface area contributed by atoms with Crippen LogP contribution in [-0.2, 0) is 4.74 Å². The third kappa shape index (κ3) is 3.64. The molecule has 1 saturated carbocycles. The molecule has 23 heavy (non-hydrogen) atoms. The SMILES string of the molecule is CCOC(=O)c1nn(-c2ccc(OC)cc2)cc1OCC1CC1. The van der Waals surface area contributed by atoms with E-state index < -0.39 is 5.97 Å². The summed E-state index contributed by atoms with van der Waals surface area (Å²) in [6.07, 6.45) is 4.08. The normalized spacial score (nSPS) is 13.7. The highest BCUT2D eigenvalue weighted by molar-refractivity contribution is 5.90. The molecule has 0 amide bonds. The zero-order chi connectivity index (χ0) is 16.2. The monoisotopic (exact) mass is 316 g/mol. The number of nitrogens with zero attached hydrogens (tertiary/aromatic N) is 2. The van der Waals surface area contributed by atoms with Crippen LogP contribution in [0, 0.1) is 5.92 Å². The number of esters is 1. The van der Waals surface area contributed by atoms with Crippen LogP contribution < -0.4 is 9.47 Å². The molecule has 122 valence electrons. The summed E-state index contributed by atoms with van der Waals surface area (Å²) in [6, 6.07) is 7.41. The molecule has 6 nitrogen and oxygen atoms in total. The molecule has 0 radical (unpaired) electrons. The summed E-state index contributed by atoms with van der Waals surface area (Å²) >= 11 is 0. The Hall–Kier alpha value is -2.50. The van der Waals surface area contributed by atoms with Crippen molar-refractivity contribution in [1.29, 1.82) is 0 Å². The molecule has 1 aliphatic carbocycles. The number of carbonyl (C=O) groups is 1. The van der Waals surface area contributed by atoms with Crippen molar-refractivity contribution in [2.75, 3.05) is 20.3 Å². The maximum Gasteiger partial charge on any atom is 0.362 e. The summed E-state index contributed by atoms with van der Waals surface area (Å²) in [5.74, 6) is 1.35. The van der Waals surface area contributed by atoms with E-state index in [2.05, 4.69) is 5.10 Å². The molecule has 2 aromatic rings. The van der Waals surface area contributed by atoms with Gasteiger partial charge in [0.2, 0.25) is 5.69 Å². The Bertz CT molecular complexity index is 674. The Kier molecular flexibility index (Phi) is 4.50. The Balaban J connectivity index is 1.86. The fraction of sp³-hybridized carbons (Fsp3) is 0.412. The minimum atomic E-state index is -0.467. The van der Waals surface area contributed by atoms with Gasteiger partial charge >= 0.3 is 5.97 Å². The maximum atomic E-state index is 12.1. The number of ether oxygens (including phenoxy) is 3. The summed E-state index contributed by atoms with van der Waals surface area (Å²) in [4.78, 5) is 12.1. The minimum Gasteiger partial charge on any atom is -0.497 e. The highest BCUT2D eigenvalue weighted by Gasteiger charge is 2.25. The summed E-state index contributed by atoms with van der Waals surface area (Å²) < 4.78 is 17.6. The maximum absolute atomic E-state index is 12.1. The average molecular weight is 316 g/mol. The van der Waals surface area contributed by atoms with E-state index in [9.17, 15) is 4.79 Å². The highest BCUT2D eigenvalue weighted by atomic mass is 16.5. The summed E-state index contributed by atoms with van der Waals surface area (Å²) in [5, 5.41) is 4.33. The number of carbonyl (C=O) groups excluding carboxylic acids is 1. The number of hydrogen-bond acceptors (Lipinski definition) is 5. The van der Waals surface area contributed by atoms with Crippen molar-refractivity contribution in [3.8, 4) is 17.2 Å². The predicted octanol–water partition coefficient (Wildman–Crippen LogP) is 2.85. The molecule has 1 aliphatic rings. The standard InChI is InChI=1S/C17H20N2O4/c1-3-22-17(20)16-15(23-11-12-4-5-12)10-19(18-16)13-6-8-14(21-2)9-7-13/h6-10,12H,3-5,11H2,1-2H3.